The molecule has 0 bridgehead atoms. The molecule has 0 amide bonds. The van der Waals surface area contributed by atoms with Crippen LogP contribution in [-0.4, -0.2) is 29.5 Å². The van der Waals surface area contributed by atoms with Crippen molar-refractivity contribution in [3.8, 4) is 0 Å². The molecule has 1 aromatic rings. The SMILES string of the molecule is CN(Cc1ccc(Cl)nc1)C1=CC(=O)OC1. The predicted molar refractivity (Wildman–Crippen MR) is 59.8 cm³/mol. The van der Waals surface area contributed by atoms with E-state index in [-0.39, 0.29) is 5.97 Å². The lowest BCUT2D eigenvalue weighted by atomic mass is 10.2. The number of cyclic esters (lactones) is 1. The lowest BCUT2D eigenvalue weighted by Crippen LogP contribution is -2.18. The van der Waals surface area contributed by atoms with Crippen LogP contribution >= 0.6 is 11.6 Å². The third kappa shape index (κ3) is 2.52. The summed E-state index contributed by atoms with van der Waals surface area (Å²) >= 11 is 5.69. The van der Waals surface area contributed by atoms with Crippen LogP contribution < -0.4 is 0 Å². The largest absolute Gasteiger partial charge is 0.456 e. The minimum absolute atomic E-state index is 0.281. The molecule has 0 aromatic carbocycles. The Hall–Kier alpha value is -1.55. The summed E-state index contributed by atoms with van der Waals surface area (Å²) in [5.74, 6) is -0.281. The standard InChI is InChI=1S/C11H11ClN2O2/c1-14(9-4-11(15)16-7-9)6-8-2-3-10(12)13-5-8/h2-5H,6-7H2,1H3. The molecule has 1 aliphatic heterocycles. The van der Waals surface area contributed by atoms with Crippen LogP contribution in [0.5, 0.6) is 0 Å². The monoisotopic (exact) mass is 238 g/mol. The van der Waals surface area contributed by atoms with Crippen LogP contribution in [0.25, 0.3) is 0 Å². The maximum absolute atomic E-state index is 10.9. The Kier molecular flexibility index (Phi) is 3.10. The van der Waals surface area contributed by atoms with Gasteiger partial charge in [-0.25, -0.2) is 9.78 Å². The molecule has 2 heterocycles. The average molecular weight is 239 g/mol. The second-order valence-electron chi connectivity index (χ2n) is 3.59. The van der Waals surface area contributed by atoms with Crippen molar-refractivity contribution in [2.75, 3.05) is 13.7 Å². The second kappa shape index (κ2) is 4.53. The first kappa shape index (κ1) is 11.0. The zero-order valence-electron chi connectivity index (χ0n) is 8.81. The van der Waals surface area contributed by atoms with Gasteiger partial charge < -0.3 is 9.64 Å². The van der Waals surface area contributed by atoms with Gasteiger partial charge in [-0.15, -0.1) is 0 Å². The maximum atomic E-state index is 10.9. The van der Waals surface area contributed by atoms with E-state index in [4.69, 9.17) is 16.3 Å². The highest BCUT2D eigenvalue weighted by Crippen LogP contribution is 2.14. The van der Waals surface area contributed by atoms with Gasteiger partial charge in [0.25, 0.3) is 0 Å². The van der Waals surface area contributed by atoms with E-state index < -0.39 is 0 Å². The molecule has 2 rings (SSSR count). The highest BCUT2D eigenvalue weighted by molar-refractivity contribution is 6.29. The summed E-state index contributed by atoms with van der Waals surface area (Å²) in [6.45, 7) is 1.02. The van der Waals surface area contributed by atoms with E-state index in [1.807, 2.05) is 18.0 Å². The number of rotatable bonds is 3. The van der Waals surface area contributed by atoms with Gasteiger partial charge in [0.15, 0.2) is 0 Å². The van der Waals surface area contributed by atoms with Crippen molar-refractivity contribution in [3.05, 3.63) is 40.8 Å². The molecule has 0 aliphatic carbocycles. The highest BCUT2D eigenvalue weighted by atomic mass is 35.5. The maximum Gasteiger partial charge on any atom is 0.333 e. The van der Waals surface area contributed by atoms with Crippen LogP contribution in [0.1, 0.15) is 5.56 Å². The van der Waals surface area contributed by atoms with E-state index in [0.29, 0.717) is 18.3 Å². The third-order valence-corrected chi connectivity index (χ3v) is 2.57. The molecule has 1 aromatic heterocycles. The molecule has 0 spiro atoms. The molecule has 0 saturated heterocycles. The molecule has 0 fully saturated rings. The van der Waals surface area contributed by atoms with E-state index in [9.17, 15) is 4.79 Å². The van der Waals surface area contributed by atoms with Gasteiger partial charge in [-0.3, -0.25) is 0 Å². The van der Waals surface area contributed by atoms with Gasteiger partial charge in [0.2, 0.25) is 0 Å². The molecule has 16 heavy (non-hydrogen) atoms. The van der Waals surface area contributed by atoms with E-state index in [1.54, 1.807) is 12.3 Å². The van der Waals surface area contributed by atoms with Crippen molar-refractivity contribution < 1.29 is 9.53 Å². The van der Waals surface area contributed by atoms with Crippen molar-refractivity contribution in [1.82, 2.24) is 9.88 Å². The number of pyridine rings is 1. The minimum Gasteiger partial charge on any atom is -0.456 e. The molecule has 1 aliphatic rings. The topological polar surface area (TPSA) is 42.4 Å². The Bertz CT molecular complexity index is 428. The fourth-order valence-electron chi connectivity index (χ4n) is 1.46. The fourth-order valence-corrected chi connectivity index (χ4v) is 1.57. The van der Waals surface area contributed by atoms with Gasteiger partial charge in [0.1, 0.15) is 11.8 Å². The van der Waals surface area contributed by atoms with Gasteiger partial charge in [-0.2, -0.15) is 0 Å². The molecular formula is C11H11ClN2O2. The smallest absolute Gasteiger partial charge is 0.333 e. The van der Waals surface area contributed by atoms with Crippen LogP contribution in [0.3, 0.4) is 0 Å². The Morgan fingerprint density at radius 1 is 1.56 bits per heavy atom. The van der Waals surface area contributed by atoms with Crippen molar-refractivity contribution >= 4 is 17.6 Å². The summed E-state index contributed by atoms with van der Waals surface area (Å²) in [7, 11) is 1.91. The predicted octanol–water partition coefficient (Wildman–Crippen LogP) is 1.61. The first-order chi connectivity index (χ1) is 7.65. The summed E-state index contributed by atoms with van der Waals surface area (Å²) in [6.07, 6.45) is 3.22. The quantitative estimate of drug-likeness (QED) is 0.593. The van der Waals surface area contributed by atoms with Gasteiger partial charge in [0.05, 0.1) is 5.70 Å². The number of aromatic nitrogens is 1. The zero-order chi connectivity index (χ0) is 11.5. The van der Waals surface area contributed by atoms with Crippen LogP contribution in [0.4, 0.5) is 0 Å². The van der Waals surface area contributed by atoms with Crippen molar-refractivity contribution in [1.29, 1.82) is 0 Å². The Balaban J connectivity index is 2.02. The van der Waals surface area contributed by atoms with Crippen LogP contribution in [0.15, 0.2) is 30.1 Å². The molecule has 0 saturated carbocycles. The fraction of sp³-hybridized carbons (Fsp3) is 0.273. The van der Waals surface area contributed by atoms with Gasteiger partial charge in [-0.1, -0.05) is 17.7 Å². The number of halogens is 1. The van der Waals surface area contributed by atoms with Gasteiger partial charge >= 0.3 is 5.97 Å². The molecule has 0 atom stereocenters. The number of hydrogen-bond acceptors (Lipinski definition) is 4. The number of hydrogen-bond donors (Lipinski definition) is 0. The number of carbonyl (C=O) groups is 1. The van der Waals surface area contributed by atoms with E-state index >= 15 is 0 Å². The van der Waals surface area contributed by atoms with Crippen LogP contribution in [-0.2, 0) is 16.1 Å². The summed E-state index contributed by atoms with van der Waals surface area (Å²) in [5, 5.41) is 0.477. The molecule has 5 heteroatoms. The van der Waals surface area contributed by atoms with E-state index in [0.717, 1.165) is 11.3 Å². The summed E-state index contributed by atoms with van der Waals surface area (Å²) in [5.41, 5.74) is 1.91. The first-order valence-corrected chi connectivity index (χ1v) is 5.22. The molecule has 0 unspecified atom stereocenters. The number of carbonyl (C=O) groups excluding carboxylic acids is 1. The summed E-state index contributed by atoms with van der Waals surface area (Å²) in [6, 6.07) is 3.65. The number of ether oxygens (including phenoxy) is 1. The molecule has 84 valence electrons. The molecular weight excluding hydrogens is 228 g/mol. The normalized spacial score (nSPS) is 14.6. The first-order valence-electron chi connectivity index (χ1n) is 4.84. The number of likely N-dealkylation sites (N-methyl/N-ethyl adjacent to an activating group) is 1. The molecule has 0 radical (unpaired) electrons. The average Bonchev–Trinajstić information content (AvgIpc) is 2.68. The summed E-state index contributed by atoms with van der Waals surface area (Å²) in [4.78, 5) is 16.8. The van der Waals surface area contributed by atoms with Crippen molar-refractivity contribution in [3.63, 3.8) is 0 Å². The van der Waals surface area contributed by atoms with E-state index in [2.05, 4.69) is 4.98 Å². The lowest BCUT2D eigenvalue weighted by Gasteiger charge is -2.18. The minimum atomic E-state index is -0.281. The third-order valence-electron chi connectivity index (χ3n) is 2.35. The molecule has 4 nitrogen and oxygen atoms in total. The molecule has 0 N–H and O–H groups in total. The van der Waals surface area contributed by atoms with Crippen LogP contribution in [0, 0.1) is 0 Å². The van der Waals surface area contributed by atoms with E-state index in [1.165, 1.54) is 6.08 Å². The van der Waals surface area contributed by atoms with Crippen LogP contribution in [0.2, 0.25) is 5.15 Å². The Morgan fingerprint density at radius 2 is 2.38 bits per heavy atom. The number of nitrogens with zero attached hydrogens (tertiary/aromatic N) is 2. The summed E-state index contributed by atoms with van der Waals surface area (Å²) < 4.78 is 4.83. The van der Waals surface area contributed by atoms with Crippen molar-refractivity contribution in [2.24, 2.45) is 0 Å². The second-order valence-corrected chi connectivity index (χ2v) is 3.98. The number of esters is 1. The van der Waals surface area contributed by atoms with Crippen molar-refractivity contribution in [2.45, 2.75) is 6.54 Å². The van der Waals surface area contributed by atoms with Gasteiger partial charge in [0, 0.05) is 25.9 Å². The Morgan fingerprint density at radius 3 is 2.94 bits per heavy atom. The zero-order valence-corrected chi connectivity index (χ0v) is 9.57. The van der Waals surface area contributed by atoms with Gasteiger partial charge in [-0.05, 0) is 11.6 Å². The highest BCUT2D eigenvalue weighted by Gasteiger charge is 2.16. The lowest BCUT2D eigenvalue weighted by molar-refractivity contribution is -0.135. The Labute approximate surface area is 98.5 Å².